The van der Waals surface area contributed by atoms with Crippen LogP contribution in [0.1, 0.15) is 11.4 Å². The standard InChI is InChI=1S/C14H23NO3P/c1-5-14(17)18-8-10-19-9-6-7-13(19)12(16)11-15(2,3)4/h5-7,9,12,16H,1,8,10-11H2,2-4H3/q+1. The lowest BCUT2D eigenvalue weighted by Gasteiger charge is -2.27. The molecule has 0 saturated heterocycles. The maximum absolute atomic E-state index is 11.0. The Labute approximate surface area is 116 Å². The predicted octanol–water partition coefficient (Wildman–Crippen LogP) is 2.14. The Morgan fingerprint density at radius 2 is 2.26 bits per heavy atom. The van der Waals surface area contributed by atoms with Crippen molar-refractivity contribution in [3.05, 3.63) is 35.9 Å². The molecule has 106 valence electrons. The van der Waals surface area contributed by atoms with Crippen molar-refractivity contribution < 1.29 is 19.1 Å². The number of likely N-dealkylation sites (N-methyl/N-ethyl adjacent to an activating group) is 1. The van der Waals surface area contributed by atoms with Gasteiger partial charge in [-0.2, -0.15) is 0 Å². The van der Waals surface area contributed by atoms with Crippen LogP contribution in [0, 0.1) is 0 Å². The molecule has 4 nitrogen and oxygen atoms in total. The summed E-state index contributed by atoms with van der Waals surface area (Å²) in [6.07, 6.45) is 1.49. The molecule has 1 rings (SSSR count). The van der Waals surface area contributed by atoms with E-state index in [1.165, 1.54) is 6.08 Å². The highest BCUT2D eigenvalue weighted by Crippen LogP contribution is 2.39. The highest BCUT2D eigenvalue weighted by Gasteiger charge is 2.20. The predicted molar refractivity (Wildman–Crippen MR) is 78.2 cm³/mol. The Bertz CT molecular complexity index is 434. The second-order valence-corrected chi connectivity index (χ2v) is 7.69. The molecule has 2 unspecified atom stereocenters. The van der Waals surface area contributed by atoms with E-state index in [1.54, 1.807) is 0 Å². The fourth-order valence-corrected chi connectivity index (χ4v) is 3.75. The molecule has 2 atom stereocenters. The number of carbonyl (C=O) groups excluding carboxylic acids is 1. The third-order valence-corrected chi connectivity index (χ3v) is 4.98. The molecule has 1 N–H and O–H groups in total. The molecule has 0 aliphatic rings. The van der Waals surface area contributed by atoms with Gasteiger partial charge in [-0.15, -0.1) is 7.53 Å². The molecule has 0 bridgehead atoms. The first-order chi connectivity index (χ1) is 8.83. The Kier molecular flexibility index (Phi) is 5.80. The number of hydrogen-bond donors (Lipinski definition) is 1. The largest absolute Gasteiger partial charge is 0.462 e. The third kappa shape index (κ3) is 5.60. The molecule has 0 aromatic carbocycles. The zero-order chi connectivity index (χ0) is 14.5. The smallest absolute Gasteiger partial charge is 0.330 e. The van der Waals surface area contributed by atoms with E-state index >= 15 is 0 Å². The fourth-order valence-electron chi connectivity index (χ4n) is 1.85. The van der Waals surface area contributed by atoms with Crippen molar-refractivity contribution >= 4 is 13.5 Å². The lowest BCUT2D eigenvalue weighted by Crippen LogP contribution is -2.38. The van der Waals surface area contributed by atoms with Gasteiger partial charge in [-0.05, 0) is 5.80 Å². The van der Waals surface area contributed by atoms with Gasteiger partial charge < -0.3 is 14.3 Å². The average Bonchev–Trinajstić information content (AvgIpc) is 2.75. The number of ether oxygens (including phenoxy) is 1. The quantitative estimate of drug-likeness (QED) is 0.474. The number of quaternary nitrogens is 1. The molecule has 1 aromatic heterocycles. The number of esters is 1. The van der Waals surface area contributed by atoms with Crippen LogP contribution in [0.25, 0.3) is 0 Å². The zero-order valence-electron chi connectivity index (χ0n) is 11.9. The minimum absolute atomic E-state index is 0.370. The highest BCUT2D eigenvalue weighted by molar-refractivity contribution is 7.49. The number of rotatable bonds is 7. The van der Waals surface area contributed by atoms with E-state index in [9.17, 15) is 9.90 Å². The molecule has 19 heavy (non-hydrogen) atoms. The Morgan fingerprint density at radius 3 is 2.84 bits per heavy atom. The molecular weight excluding hydrogens is 261 g/mol. The fraction of sp³-hybridized carbons (Fsp3) is 0.500. The lowest BCUT2D eigenvalue weighted by molar-refractivity contribution is -0.874. The number of carbonyl (C=O) groups is 1. The van der Waals surface area contributed by atoms with Gasteiger partial charge in [0, 0.05) is 17.5 Å². The van der Waals surface area contributed by atoms with Crippen molar-refractivity contribution in [1.82, 2.24) is 0 Å². The number of nitrogens with zero attached hydrogens (tertiary/aromatic N) is 1. The van der Waals surface area contributed by atoms with Crippen LogP contribution in [0.4, 0.5) is 0 Å². The first kappa shape index (κ1) is 16.0. The molecule has 0 saturated carbocycles. The SMILES string of the molecule is C=CC(=O)OCCp1cccc1C(O)C[N+](C)(C)C. The van der Waals surface area contributed by atoms with Crippen molar-refractivity contribution in [2.24, 2.45) is 0 Å². The van der Waals surface area contributed by atoms with Crippen LogP contribution in [0.2, 0.25) is 0 Å². The first-order valence-corrected chi connectivity index (χ1v) is 7.86. The van der Waals surface area contributed by atoms with E-state index < -0.39 is 19.6 Å². The second kappa shape index (κ2) is 6.90. The molecule has 1 heterocycles. The summed E-state index contributed by atoms with van der Waals surface area (Å²) in [4.78, 5) is 11.0. The molecular formula is C14H23NO3P+. The lowest BCUT2D eigenvalue weighted by atomic mass is 10.2. The highest BCUT2D eigenvalue weighted by atomic mass is 31.1. The summed E-state index contributed by atoms with van der Waals surface area (Å²) in [5, 5.41) is 11.3. The van der Waals surface area contributed by atoms with Crippen LogP contribution in [0.3, 0.4) is 0 Å². The van der Waals surface area contributed by atoms with Crippen molar-refractivity contribution in [3.63, 3.8) is 0 Å². The van der Waals surface area contributed by atoms with Gasteiger partial charge in [0.2, 0.25) is 0 Å². The molecule has 0 spiro atoms. The molecule has 1 aromatic rings. The van der Waals surface area contributed by atoms with Crippen LogP contribution in [-0.2, 0) is 15.7 Å². The summed E-state index contributed by atoms with van der Waals surface area (Å²) in [6, 6.07) is 3.97. The van der Waals surface area contributed by atoms with E-state index in [-0.39, 0.29) is 0 Å². The maximum atomic E-state index is 11.0. The maximum Gasteiger partial charge on any atom is 0.330 e. The summed E-state index contributed by atoms with van der Waals surface area (Å²) in [5.74, 6) is 1.71. The van der Waals surface area contributed by atoms with Gasteiger partial charge in [0.25, 0.3) is 0 Å². The Hall–Kier alpha value is -1.09. The van der Waals surface area contributed by atoms with Gasteiger partial charge in [-0.3, -0.25) is 0 Å². The first-order valence-electron chi connectivity index (χ1n) is 6.26. The average molecular weight is 284 g/mol. The Balaban J connectivity index is 2.59. The van der Waals surface area contributed by atoms with Crippen LogP contribution in [0.15, 0.2) is 30.6 Å². The number of aliphatic hydroxyl groups is 1. The summed E-state index contributed by atoms with van der Waals surface area (Å²) in [7, 11) is 5.64. The van der Waals surface area contributed by atoms with E-state index in [0.717, 1.165) is 11.5 Å². The van der Waals surface area contributed by atoms with Crippen molar-refractivity contribution in [1.29, 1.82) is 0 Å². The van der Waals surface area contributed by atoms with Gasteiger partial charge in [0.1, 0.15) is 12.6 Å². The summed E-state index contributed by atoms with van der Waals surface area (Å²) < 4.78 is 5.71. The van der Waals surface area contributed by atoms with Gasteiger partial charge in [0.15, 0.2) is 0 Å². The van der Waals surface area contributed by atoms with E-state index in [2.05, 4.69) is 33.5 Å². The molecule has 0 radical (unpaired) electrons. The Morgan fingerprint density at radius 1 is 1.58 bits per heavy atom. The summed E-state index contributed by atoms with van der Waals surface area (Å²) in [5.41, 5.74) is 0. The third-order valence-electron chi connectivity index (χ3n) is 2.67. The van der Waals surface area contributed by atoms with Crippen LogP contribution in [-0.4, -0.2) is 49.9 Å². The minimum atomic E-state index is -0.528. The van der Waals surface area contributed by atoms with E-state index in [0.29, 0.717) is 17.6 Å². The minimum Gasteiger partial charge on any atom is -0.462 e. The number of hydrogen-bond acceptors (Lipinski definition) is 3. The zero-order valence-corrected chi connectivity index (χ0v) is 12.8. The van der Waals surface area contributed by atoms with Crippen molar-refractivity contribution in [2.45, 2.75) is 12.3 Å². The van der Waals surface area contributed by atoms with Crippen molar-refractivity contribution in [3.8, 4) is 0 Å². The summed E-state index contributed by atoms with van der Waals surface area (Å²) >= 11 is 0. The van der Waals surface area contributed by atoms with Crippen molar-refractivity contribution in [2.75, 3.05) is 34.3 Å². The van der Waals surface area contributed by atoms with E-state index in [1.807, 2.05) is 12.1 Å². The normalized spacial score (nSPS) is 14.0. The molecule has 0 aliphatic carbocycles. The van der Waals surface area contributed by atoms with E-state index in [4.69, 9.17) is 4.74 Å². The van der Waals surface area contributed by atoms with Crippen LogP contribution in [0.5, 0.6) is 0 Å². The number of aliphatic hydroxyl groups excluding tert-OH is 1. The molecule has 0 aliphatic heterocycles. The topological polar surface area (TPSA) is 46.5 Å². The van der Waals surface area contributed by atoms with Crippen LogP contribution >= 0.6 is 7.53 Å². The van der Waals surface area contributed by atoms with Gasteiger partial charge in [-0.1, -0.05) is 18.7 Å². The molecule has 0 fully saturated rings. The molecule has 5 heteroatoms. The van der Waals surface area contributed by atoms with Crippen LogP contribution < -0.4 is 0 Å². The second-order valence-electron chi connectivity index (χ2n) is 5.49. The van der Waals surface area contributed by atoms with Gasteiger partial charge >= 0.3 is 5.97 Å². The molecule has 0 amide bonds. The summed E-state index contributed by atoms with van der Waals surface area (Å²) in [6.45, 7) is 4.41. The van der Waals surface area contributed by atoms with Gasteiger partial charge in [0.05, 0.1) is 27.7 Å². The van der Waals surface area contributed by atoms with Gasteiger partial charge in [-0.25, -0.2) is 4.79 Å². The monoisotopic (exact) mass is 284 g/mol.